The molecule has 0 aliphatic carbocycles. The number of benzene rings is 1. The van der Waals surface area contributed by atoms with Gasteiger partial charge in [0.25, 0.3) is 5.91 Å². The number of carbonyl (C=O) groups excluding carboxylic acids is 3. The molecule has 0 saturated carbocycles. The number of carboxylic acids is 1. The molecule has 0 bridgehead atoms. The van der Waals surface area contributed by atoms with E-state index in [0.29, 0.717) is 37.4 Å². The fraction of sp³-hybridized carbons (Fsp3) is 0.583. The number of nitrogens with one attached hydrogen (secondary N) is 1. The molecule has 4 rings (SSSR count). The van der Waals surface area contributed by atoms with Gasteiger partial charge >= 0.3 is 12.0 Å². The number of rotatable bonds is 5. The van der Waals surface area contributed by atoms with Crippen LogP contribution in [0.5, 0.6) is 0 Å². The maximum Gasteiger partial charge on any atom is 0.328 e. The Labute approximate surface area is 193 Å². The number of carbonyl (C=O) groups is 4. The minimum absolute atomic E-state index is 0.0292. The first-order valence-electron chi connectivity index (χ1n) is 11.7. The lowest BCUT2D eigenvalue weighted by molar-refractivity contribution is -0.137. The van der Waals surface area contributed by atoms with Crippen molar-refractivity contribution in [3.8, 4) is 0 Å². The van der Waals surface area contributed by atoms with Gasteiger partial charge in [0.05, 0.1) is 6.42 Å². The number of hydrogen-bond donors (Lipinski definition) is 2. The van der Waals surface area contributed by atoms with Crippen molar-refractivity contribution in [2.75, 3.05) is 44.2 Å². The summed E-state index contributed by atoms with van der Waals surface area (Å²) in [7, 11) is 0. The lowest BCUT2D eigenvalue weighted by Crippen LogP contribution is -2.50. The van der Waals surface area contributed by atoms with Crippen LogP contribution in [0.4, 0.5) is 10.5 Å². The van der Waals surface area contributed by atoms with Gasteiger partial charge in [0, 0.05) is 43.9 Å². The molecule has 1 aromatic rings. The van der Waals surface area contributed by atoms with Crippen molar-refractivity contribution >= 4 is 29.5 Å². The first kappa shape index (κ1) is 23.2. The predicted octanol–water partition coefficient (Wildman–Crippen LogP) is 2.23. The van der Waals surface area contributed by atoms with Gasteiger partial charge in [-0.1, -0.05) is 6.07 Å². The van der Waals surface area contributed by atoms with E-state index in [-0.39, 0.29) is 30.1 Å². The monoisotopic (exact) mass is 456 g/mol. The van der Waals surface area contributed by atoms with E-state index in [1.165, 1.54) is 4.90 Å². The van der Waals surface area contributed by atoms with Crippen LogP contribution in [-0.2, 0) is 9.59 Å². The molecule has 0 atom stereocenters. The van der Waals surface area contributed by atoms with Gasteiger partial charge in [0.1, 0.15) is 0 Å². The highest BCUT2D eigenvalue weighted by Gasteiger charge is 2.38. The number of urea groups is 1. The molecule has 9 nitrogen and oxygen atoms in total. The third-order valence-electron chi connectivity index (χ3n) is 7.47. The Kier molecular flexibility index (Phi) is 6.69. The molecule has 3 fully saturated rings. The molecule has 3 aliphatic rings. The van der Waals surface area contributed by atoms with Gasteiger partial charge in [-0.2, -0.15) is 0 Å². The average Bonchev–Trinajstić information content (AvgIpc) is 2.79. The molecule has 33 heavy (non-hydrogen) atoms. The van der Waals surface area contributed by atoms with Crippen LogP contribution in [0.25, 0.3) is 0 Å². The summed E-state index contributed by atoms with van der Waals surface area (Å²) in [6, 6.07) is 4.97. The topological polar surface area (TPSA) is 110 Å². The minimum Gasteiger partial charge on any atom is -0.481 e. The second-order valence-corrected chi connectivity index (χ2v) is 9.53. The third kappa shape index (κ3) is 5.19. The molecule has 3 aliphatic heterocycles. The SMILES string of the molecule is Cc1ccc(C(=O)N2CCC3(CCN(CCC(=O)O)CC3)CC2)cc1N1CCC(=O)NC1=O. The fourth-order valence-electron chi connectivity index (χ4n) is 5.20. The summed E-state index contributed by atoms with van der Waals surface area (Å²) in [6.07, 6.45) is 4.44. The molecule has 2 N–H and O–H groups in total. The zero-order chi connectivity index (χ0) is 23.6. The summed E-state index contributed by atoms with van der Waals surface area (Å²) in [5.41, 5.74) is 2.34. The number of likely N-dealkylation sites (tertiary alicyclic amines) is 2. The molecular formula is C24H32N4O5. The Morgan fingerprint density at radius 2 is 1.70 bits per heavy atom. The van der Waals surface area contributed by atoms with Gasteiger partial charge in [-0.05, 0) is 68.8 Å². The maximum atomic E-state index is 13.2. The van der Waals surface area contributed by atoms with Crippen LogP contribution >= 0.6 is 0 Å². The summed E-state index contributed by atoms with van der Waals surface area (Å²) in [5, 5.41) is 11.2. The number of aliphatic carboxylic acids is 1. The van der Waals surface area contributed by atoms with Gasteiger partial charge in [0.15, 0.2) is 0 Å². The summed E-state index contributed by atoms with van der Waals surface area (Å²) < 4.78 is 0. The number of imide groups is 1. The Morgan fingerprint density at radius 3 is 2.33 bits per heavy atom. The number of anilines is 1. The van der Waals surface area contributed by atoms with E-state index in [4.69, 9.17) is 5.11 Å². The van der Waals surface area contributed by atoms with Crippen molar-refractivity contribution in [1.82, 2.24) is 15.1 Å². The molecule has 0 unspecified atom stereocenters. The molecule has 0 aromatic heterocycles. The Morgan fingerprint density at radius 1 is 1.03 bits per heavy atom. The van der Waals surface area contributed by atoms with Crippen LogP contribution in [0.3, 0.4) is 0 Å². The quantitative estimate of drug-likeness (QED) is 0.703. The van der Waals surface area contributed by atoms with E-state index in [9.17, 15) is 19.2 Å². The molecule has 4 amide bonds. The Bertz CT molecular complexity index is 944. The van der Waals surface area contributed by atoms with Crippen LogP contribution in [0.2, 0.25) is 0 Å². The van der Waals surface area contributed by atoms with Crippen molar-refractivity contribution in [1.29, 1.82) is 0 Å². The smallest absolute Gasteiger partial charge is 0.328 e. The van der Waals surface area contributed by atoms with Crippen molar-refractivity contribution < 1.29 is 24.3 Å². The molecule has 1 spiro atoms. The lowest BCUT2D eigenvalue weighted by atomic mass is 9.71. The highest BCUT2D eigenvalue weighted by molar-refractivity contribution is 6.06. The normalized spacial score (nSPS) is 21.2. The van der Waals surface area contributed by atoms with E-state index in [2.05, 4.69) is 10.2 Å². The van der Waals surface area contributed by atoms with E-state index >= 15 is 0 Å². The standard InChI is InChI=1S/C24H32N4O5/c1-17-2-3-18(16-19(17)28-11-4-20(29)25-23(28)33)22(32)27-14-8-24(9-15-27)6-12-26(13-7-24)10-5-21(30)31/h2-3,16H,4-15H2,1H3,(H,30,31)(H,25,29,33). The van der Waals surface area contributed by atoms with Crippen LogP contribution in [0.15, 0.2) is 18.2 Å². The summed E-state index contributed by atoms with van der Waals surface area (Å²) in [5.74, 6) is -1.06. The number of carboxylic acid groups (broad SMARTS) is 1. The molecule has 3 heterocycles. The van der Waals surface area contributed by atoms with E-state index < -0.39 is 12.0 Å². The van der Waals surface area contributed by atoms with E-state index in [1.807, 2.05) is 17.9 Å². The van der Waals surface area contributed by atoms with Gasteiger partial charge < -0.3 is 14.9 Å². The Balaban J connectivity index is 1.36. The first-order valence-corrected chi connectivity index (χ1v) is 11.7. The molecule has 1 aromatic carbocycles. The van der Waals surface area contributed by atoms with E-state index in [1.54, 1.807) is 12.1 Å². The zero-order valence-electron chi connectivity index (χ0n) is 19.1. The predicted molar refractivity (Wildman–Crippen MR) is 122 cm³/mol. The van der Waals surface area contributed by atoms with Gasteiger partial charge in [-0.15, -0.1) is 0 Å². The number of amides is 4. The summed E-state index contributed by atoms with van der Waals surface area (Å²) >= 11 is 0. The Hall–Kier alpha value is -2.94. The van der Waals surface area contributed by atoms with Gasteiger partial charge in [0.2, 0.25) is 5.91 Å². The van der Waals surface area contributed by atoms with Crippen molar-refractivity contribution in [2.24, 2.45) is 5.41 Å². The average molecular weight is 457 g/mol. The summed E-state index contributed by atoms with van der Waals surface area (Å²) in [6.45, 7) is 6.05. The maximum absolute atomic E-state index is 13.2. The minimum atomic E-state index is -0.754. The van der Waals surface area contributed by atoms with Crippen LogP contribution in [0, 0.1) is 12.3 Å². The van der Waals surface area contributed by atoms with Gasteiger partial charge in [-0.25, -0.2) is 4.79 Å². The molecule has 3 saturated heterocycles. The molecular weight excluding hydrogens is 424 g/mol. The highest BCUT2D eigenvalue weighted by Crippen LogP contribution is 2.41. The van der Waals surface area contributed by atoms with Crippen LogP contribution < -0.4 is 10.2 Å². The second kappa shape index (κ2) is 9.51. The third-order valence-corrected chi connectivity index (χ3v) is 7.47. The molecule has 0 radical (unpaired) electrons. The highest BCUT2D eigenvalue weighted by atomic mass is 16.4. The first-order chi connectivity index (χ1) is 15.8. The van der Waals surface area contributed by atoms with Gasteiger partial charge in [-0.3, -0.25) is 24.6 Å². The fourth-order valence-corrected chi connectivity index (χ4v) is 5.20. The molecule has 178 valence electrons. The van der Waals surface area contributed by atoms with Crippen LogP contribution in [0.1, 0.15) is 54.4 Å². The number of hydrogen-bond acceptors (Lipinski definition) is 5. The van der Waals surface area contributed by atoms with E-state index in [0.717, 1.165) is 44.3 Å². The second-order valence-electron chi connectivity index (χ2n) is 9.53. The van der Waals surface area contributed by atoms with Crippen molar-refractivity contribution in [3.63, 3.8) is 0 Å². The van der Waals surface area contributed by atoms with Crippen molar-refractivity contribution in [3.05, 3.63) is 29.3 Å². The largest absolute Gasteiger partial charge is 0.481 e. The molecule has 9 heteroatoms. The van der Waals surface area contributed by atoms with Crippen molar-refractivity contribution in [2.45, 2.75) is 45.4 Å². The lowest BCUT2D eigenvalue weighted by Gasteiger charge is -2.47. The van der Waals surface area contributed by atoms with Crippen LogP contribution in [-0.4, -0.2) is 78.0 Å². The zero-order valence-corrected chi connectivity index (χ0v) is 19.1. The number of piperidine rings is 2. The number of nitrogens with zero attached hydrogens (tertiary/aromatic N) is 3. The number of aryl methyl sites for hydroxylation is 1. The summed E-state index contributed by atoms with van der Waals surface area (Å²) in [4.78, 5) is 53.5.